The molecule has 0 amide bonds. The first-order chi connectivity index (χ1) is 32.0. The van der Waals surface area contributed by atoms with Crippen LogP contribution in [0.5, 0.6) is 0 Å². The summed E-state index contributed by atoms with van der Waals surface area (Å²) in [6, 6.07) is 39.4. The zero-order chi connectivity index (χ0) is 50.5. The number of furan rings is 1. The summed E-state index contributed by atoms with van der Waals surface area (Å²) in [5.74, 6) is 0. The molecule has 0 fully saturated rings. The minimum Gasteiger partial charge on any atom is -0.486 e. The SMILES string of the molecule is [2H]C([2H])([2H])c1c[c-]c(-c2ccc(C([2H])([2H])C(C)(C)C)cn2)cc1-c1ccccc1.[2H]C([2H])([2H])c1ccc2c(n1)oc1c(-c3cc(C([2H])([2H])Cc4ccc(C([2H])([2H])C(C)(C)C)cc4)ccn3)[c-]ccc12.[Ir]. The van der Waals surface area contributed by atoms with E-state index in [9.17, 15) is 0 Å². The molecule has 0 aliphatic carbocycles. The number of rotatable bonds is 8. The molecule has 1 radical (unpaired) electrons. The van der Waals surface area contributed by atoms with Gasteiger partial charge in [-0.1, -0.05) is 143 Å². The molecule has 5 heteroatoms. The Hall–Kier alpha value is -5.22. The van der Waals surface area contributed by atoms with Gasteiger partial charge >= 0.3 is 0 Å². The van der Waals surface area contributed by atoms with E-state index in [1.54, 1.807) is 79.1 Å². The standard InChI is InChI=1S/C30H29N2O.C23H24N.Ir/c1-20-8-15-25-24-6-5-7-26(28(24)33-29(25)32-20)27-18-22(16-17-31-27)12-9-21-10-13-23(14-11-21)19-30(2,3)4;1-17-10-12-20(14-21(17)19-8-6-5-7-9-19)22-13-11-18(16-24-22)15-23(2,3)4;/h5-6,8,10-11,13-18H,9,12,19H2,1-4H3;5-11,13-14,16H,15H2,1-4H3;/q2*-1;/i1D3,12D2,19D2;1D3,15D2;. The van der Waals surface area contributed by atoms with Crippen LogP contribution in [0.3, 0.4) is 0 Å². The van der Waals surface area contributed by atoms with E-state index in [4.69, 9.17) is 20.9 Å². The van der Waals surface area contributed by atoms with E-state index in [2.05, 4.69) is 27.1 Å². The van der Waals surface area contributed by atoms with Gasteiger partial charge < -0.3 is 14.4 Å². The predicted octanol–water partition coefficient (Wildman–Crippen LogP) is 13.6. The molecule has 8 rings (SSSR count). The molecule has 0 aliphatic heterocycles. The van der Waals surface area contributed by atoms with Crippen molar-refractivity contribution in [3.63, 3.8) is 0 Å². The number of aromatic nitrogens is 3. The first-order valence-corrected chi connectivity index (χ1v) is 18.9. The van der Waals surface area contributed by atoms with Crippen LogP contribution in [0.1, 0.15) is 91.5 Å². The number of benzene rings is 4. The van der Waals surface area contributed by atoms with Gasteiger partial charge in [-0.2, -0.15) is 0 Å². The quantitative estimate of drug-likeness (QED) is 0.142. The van der Waals surface area contributed by atoms with Crippen LogP contribution < -0.4 is 0 Å². The van der Waals surface area contributed by atoms with Crippen molar-refractivity contribution in [3.8, 4) is 33.6 Å². The fourth-order valence-electron chi connectivity index (χ4n) is 6.39. The maximum atomic E-state index is 8.84. The van der Waals surface area contributed by atoms with Gasteiger partial charge in [0, 0.05) is 60.0 Å². The molecule has 8 aromatic rings. The normalized spacial score (nSPS) is 15.8. The summed E-state index contributed by atoms with van der Waals surface area (Å²) >= 11 is 0. The van der Waals surface area contributed by atoms with E-state index in [-0.39, 0.29) is 43.5 Å². The van der Waals surface area contributed by atoms with Gasteiger partial charge in [0.1, 0.15) is 0 Å². The van der Waals surface area contributed by atoms with Gasteiger partial charge in [-0.25, -0.2) is 4.98 Å². The molecule has 4 aromatic heterocycles. The van der Waals surface area contributed by atoms with E-state index in [0.29, 0.717) is 55.7 Å². The Balaban J connectivity index is 0.000000238. The third-order valence-corrected chi connectivity index (χ3v) is 8.88. The van der Waals surface area contributed by atoms with Crippen molar-refractivity contribution in [2.24, 2.45) is 10.8 Å². The molecule has 0 aliphatic rings. The van der Waals surface area contributed by atoms with E-state index in [1.807, 2.05) is 77.9 Å². The molecule has 0 atom stereocenters. The zero-order valence-electron chi connectivity index (χ0n) is 45.4. The minimum atomic E-state index is -2.36. The number of nitrogens with zero attached hydrogens (tertiary/aromatic N) is 3. The second kappa shape index (κ2) is 18.1. The fraction of sp³-hybridized carbons (Fsp3) is 0.264. The van der Waals surface area contributed by atoms with Gasteiger partial charge in [-0.05, 0) is 95.1 Å². The van der Waals surface area contributed by atoms with E-state index >= 15 is 0 Å². The molecule has 0 bridgehead atoms. The summed E-state index contributed by atoms with van der Waals surface area (Å²) in [7, 11) is 0. The molecular formula is C53H53IrN3O-2. The largest absolute Gasteiger partial charge is 0.486 e. The molecular weight excluding hydrogens is 887 g/mol. The Morgan fingerprint density at radius 3 is 2.14 bits per heavy atom. The molecule has 4 heterocycles. The molecule has 0 N–H and O–H groups in total. The topological polar surface area (TPSA) is 51.8 Å². The Morgan fingerprint density at radius 2 is 1.43 bits per heavy atom. The van der Waals surface area contributed by atoms with Gasteiger partial charge in [-0.3, -0.25) is 0 Å². The van der Waals surface area contributed by atoms with Gasteiger partial charge in [0.2, 0.25) is 5.71 Å². The van der Waals surface area contributed by atoms with Crippen LogP contribution in [0, 0.1) is 36.7 Å². The molecule has 0 saturated heterocycles. The molecule has 0 spiro atoms. The van der Waals surface area contributed by atoms with Crippen molar-refractivity contribution in [2.45, 2.75) is 80.8 Å². The van der Waals surface area contributed by atoms with Gasteiger partial charge in [0.25, 0.3) is 0 Å². The number of hydrogen-bond acceptors (Lipinski definition) is 4. The first-order valence-electron chi connectivity index (χ1n) is 24.9. The van der Waals surface area contributed by atoms with Gasteiger partial charge in [0.05, 0.1) is 5.58 Å². The maximum absolute atomic E-state index is 8.84. The van der Waals surface area contributed by atoms with Crippen LogP contribution in [0.2, 0.25) is 0 Å². The van der Waals surface area contributed by atoms with Crippen molar-refractivity contribution in [3.05, 3.63) is 173 Å². The molecule has 297 valence electrons. The molecule has 4 nitrogen and oxygen atoms in total. The first kappa shape index (κ1) is 29.1. The van der Waals surface area contributed by atoms with Crippen molar-refractivity contribution in [2.75, 3.05) is 0 Å². The molecule has 58 heavy (non-hydrogen) atoms. The molecule has 4 aromatic carbocycles. The average Bonchev–Trinajstić information content (AvgIpc) is 3.67. The summed E-state index contributed by atoms with van der Waals surface area (Å²) in [5.41, 5.74) is 5.65. The van der Waals surface area contributed by atoms with Crippen LogP contribution in [0.25, 0.3) is 55.7 Å². The number of fused-ring (bicyclic) bond motifs is 3. The third-order valence-electron chi connectivity index (χ3n) is 8.88. The van der Waals surface area contributed by atoms with Gasteiger partial charge in [-0.15, -0.1) is 47.5 Å². The van der Waals surface area contributed by atoms with E-state index in [1.165, 1.54) is 12.1 Å². The van der Waals surface area contributed by atoms with Crippen molar-refractivity contribution in [1.82, 2.24) is 15.0 Å². The molecule has 0 saturated carbocycles. The predicted molar refractivity (Wildman–Crippen MR) is 237 cm³/mol. The second-order valence-corrected chi connectivity index (χ2v) is 15.9. The summed E-state index contributed by atoms with van der Waals surface area (Å²) in [6.45, 7) is 6.53. The van der Waals surface area contributed by atoms with Crippen LogP contribution >= 0.6 is 0 Å². The summed E-state index contributed by atoms with van der Waals surface area (Å²) in [4.78, 5) is 13.1. The number of aryl methyl sites for hydroxylation is 4. The second-order valence-electron chi connectivity index (χ2n) is 15.9. The zero-order valence-corrected chi connectivity index (χ0v) is 35.8. The number of pyridine rings is 3. The monoisotopic (exact) mass is 952 g/mol. The van der Waals surface area contributed by atoms with E-state index in [0.717, 1.165) is 16.5 Å². The molecule has 0 unspecified atom stereocenters. The van der Waals surface area contributed by atoms with Crippen LogP contribution in [0.15, 0.2) is 132 Å². The Labute approximate surface area is 375 Å². The Bertz CT molecular complexity index is 3100. The van der Waals surface area contributed by atoms with Crippen LogP contribution in [-0.4, -0.2) is 15.0 Å². The maximum Gasteiger partial charge on any atom is 0.216 e. The van der Waals surface area contributed by atoms with Crippen LogP contribution in [-0.2, 0) is 45.6 Å². The summed E-state index contributed by atoms with van der Waals surface area (Å²) in [6.07, 6.45) is -1.60. The third kappa shape index (κ3) is 10.8. The van der Waals surface area contributed by atoms with Crippen molar-refractivity contribution in [1.29, 1.82) is 0 Å². The average molecular weight is 952 g/mol. The fourth-order valence-corrected chi connectivity index (χ4v) is 6.39. The van der Waals surface area contributed by atoms with Crippen molar-refractivity contribution >= 4 is 22.1 Å². The van der Waals surface area contributed by atoms with Crippen molar-refractivity contribution < 1.29 is 41.0 Å². The van der Waals surface area contributed by atoms with E-state index < -0.39 is 43.7 Å². The Morgan fingerprint density at radius 1 is 0.690 bits per heavy atom. The smallest absolute Gasteiger partial charge is 0.216 e. The summed E-state index contributed by atoms with van der Waals surface area (Å²) in [5, 5.41) is 1.41. The Kier molecular flexibility index (Phi) is 9.09. The van der Waals surface area contributed by atoms with Gasteiger partial charge in [0.15, 0.2) is 0 Å². The minimum absolute atomic E-state index is 0. The number of hydrogen-bond donors (Lipinski definition) is 0. The van der Waals surface area contributed by atoms with Crippen LogP contribution in [0.4, 0.5) is 0 Å². The summed E-state index contributed by atoms with van der Waals surface area (Å²) < 4.78 is 104.